The molecule has 0 spiro atoms. The van der Waals surface area contributed by atoms with E-state index in [0.29, 0.717) is 11.3 Å². The Labute approximate surface area is 189 Å². The molecule has 3 aromatic rings. The van der Waals surface area contributed by atoms with Crippen LogP contribution >= 0.6 is 0 Å². The second kappa shape index (κ2) is 10.7. The Morgan fingerprint density at radius 2 is 1.73 bits per heavy atom. The van der Waals surface area contributed by atoms with Gasteiger partial charge in [0.15, 0.2) is 0 Å². The summed E-state index contributed by atoms with van der Waals surface area (Å²) in [7, 11) is 1.29. The van der Waals surface area contributed by atoms with Gasteiger partial charge >= 0.3 is 12.1 Å². The Hall–Kier alpha value is -3.81. The van der Waals surface area contributed by atoms with Crippen molar-refractivity contribution in [1.82, 2.24) is 0 Å². The minimum absolute atomic E-state index is 0.0392. The van der Waals surface area contributed by atoms with E-state index >= 15 is 0 Å². The number of halogens is 3. The first kappa shape index (κ1) is 23.8. The number of carbonyl (C=O) groups excluding carboxylic acids is 1. The average molecular weight is 457 g/mol. The zero-order valence-electron chi connectivity index (χ0n) is 17.8. The quantitative estimate of drug-likeness (QED) is 0.193. The SMILES string of the molecule is COC(=O)C[C@H](C=NO)c1ccc(OCc2cccc(-c3ccc(C(F)(F)F)cc3)c2)cc1. The first-order valence-corrected chi connectivity index (χ1v) is 10.0. The van der Waals surface area contributed by atoms with Gasteiger partial charge < -0.3 is 14.7 Å². The Balaban J connectivity index is 1.66. The molecule has 3 aromatic carbocycles. The summed E-state index contributed by atoms with van der Waals surface area (Å²) in [5.41, 5.74) is 2.39. The van der Waals surface area contributed by atoms with Crippen molar-refractivity contribution in [3.05, 3.63) is 89.5 Å². The van der Waals surface area contributed by atoms with Crippen LogP contribution in [0.2, 0.25) is 0 Å². The second-order valence-corrected chi connectivity index (χ2v) is 7.28. The van der Waals surface area contributed by atoms with E-state index < -0.39 is 23.6 Å². The van der Waals surface area contributed by atoms with Crippen LogP contribution in [-0.2, 0) is 22.3 Å². The highest BCUT2D eigenvalue weighted by Crippen LogP contribution is 2.31. The van der Waals surface area contributed by atoms with Crippen LogP contribution in [0.25, 0.3) is 11.1 Å². The molecule has 1 N–H and O–H groups in total. The minimum Gasteiger partial charge on any atom is -0.489 e. The predicted molar refractivity (Wildman–Crippen MR) is 117 cm³/mol. The monoisotopic (exact) mass is 457 g/mol. The number of benzene rings is 3. The molecule has 0 aliphatic heterocycles. The van der Waals surface area contributed by atoms with Gasteiger partial charge in [0, 0.05) is 5.92 Å². The summed E-state index contributed by atoms with van der Waals surface area (Å²) in [6.07, 6.45) is -3.06. The number of hydrogen-bond donors (Lipinski definition) is 1. The van der Waals surface area contributed by atoms with Gasteiger partial charge in [-0.05, 0) is 52.6 Å². The maximum absolute atomic E-state index is 12.8. The molecule has 3 rings (SSSR count). The van der Waals surface area contributed by atoms with Crippen LogP contribution in [0, 0.1) is 0 Å². The number of ether oxygens (including phenoxy) is 2. The van der Waals surface area contributed by atoms with Crippen LogP contribution in [0.5, 0.6) is 5.75 Å². The van der Waals surface area contributed by atoms with E-state index in [1.54, 1.807) is 24.3 Å². The summed E-state index contributed by atoms with van der Waals surface area (Å²) < 4.78 is 48.8. The molecular formula is C25H22F3NO4. The zero-order chi connectivity index (χ0) is 23.8. The van der Waals surface area contributed by atoms with E-state index in [-0.39, 0.29) is 13.0 Å². The molecular weight excluding hydrogens is 435 g/mol. The molecule has 0 radical (unpaired) electrons. The predicted octanol–water partition coefficient (Wildman–Crippen LogP) is 6.06. The van der Waals surface area contributed by atoms with Crippen molar-refractivity contribution in [2.24, 2.45) is 5.16 Å². The van der Waals surface area contributed by atoms with Crippen molar-refractivity contribution in [3.63, 3.8) is 0 Å². The Morgan fingerprint density at radius 1 is 1.03 bits per heavy atom. The van der Waals surface area contributed by atoms with Crippen LogP contribution in [-0.4, -0.2) is 24.5 Å². The fourth-order valence-electron chi connectivity index (χ4n) is 3.27. The number of nitrogens with zero attached hydrogens (tertiary/aromatic N) is 1. The third-order valence-corrected chi connectivity index (χ3v) is 5.05. The van der Waals surface area contributed by atoms with Crippen molar-refractivity contribution in [2.75, 3.05) is 7.11 Å². The molecule has 8 heteroatoms. The number of rotatable bonds is 8. The van der Waals surface area contributed by atoms with Crippen molar-refractivity contribution in [1.29, 1.82) is 0 Å². The maximum atomic E-state index is 12.8. The molecule has 0 fully saturated rings. The first-order chi connectivity index (χ1) is 15.8. The summed E-state index contributed by atoms with van der Waals surface area (Å²) in [4.78, 5) is 11.5. The lowest BCUT2D eigenvalue weighted by molar-refractivity contribution is -0.140. The Morgan fingerprint density at radius 3 is 2.33 bits per heavy atom. The van der Waals surface area contributed by atoms with E-state index in [0.717, 1.165) is 28.8 Å². The molecule has 0 heterocycles. The normalized spacial score (nSPS) is 12.5. The Kier molecular flexibility index (Phi) is 7.71. The lowest BCUT2D eigenvalue weighted by atomic mass is 9.97. The van der Waals surface area contributed by atoms with Crippen molar-refractivity contribution in [2.45, 2.75) is 25.1 Å². The highest BCUT2D eigenvalue weighted by molar-refractivity contribution is 5.78. The van der Waals surface area contributed by atoms with Gasteiger partial charge in [-0.3, -0.25) is 4.79 Å². The molecule has 172 valence electrons. The summed E-state index contributed by atoms with van der Waals surface area (Å²) in [6, 6.07) is 19.4. The molecule has 0 aliphatic carbocycles. The number of oxime groups is 1. The van der Waals surface area contributed by atoms with Crippen molar-refractivity contribution >= 4 is 12.2 Å². The van der Waals surface area contributed by atoms with Gasteiger partial charge in [0.25, 0.3) is 0 Å². The number of esters is 1. The second-order valence-electron chi connectivity index (χ2n) is 7.28. The molecule has 0 amide bonds. The van der Waals surface area contributed by atoms with Crippen LogP contribution in [0.15, 0.2) is 78.0 Å². The molecule has 1 atom stereocenters. The molecule has 0 saturated carbocycles. The molecule has 0 bridgehead atoms. The van der Waals surface area contributed by atoms with Crippen molar-refractivity contribution in [3.8, 4) is 16.9 Å². The third-order valence-electron chi connectivity index (χ3n) is 5.05. The smallest absolute Gasteiger partial charge is 0.416 e. The highest BCUT2D eigenvalue weighted by atomic mass is 19.4. The minimum atomic E-state index is -4.37. The van der Waals surface area contributed by atoms with Crippen LogP contribution in [0.4, 0.5) is 13.2 Å². The highest BCUT2D eigenvalue weighted by Gasteiger charge is 2.29. The molecule has 0 saturated heterocycles. The van der Waals surface area contributed by atoms with Crippen LogP contribution in [0.1, 0.15) is 29.0 Å². The zero-order valence-corrected chi connectivity index (χ0v) is 17.8. The summed E-state index contributed by atoms with van der Waals surface area (Å²) >= 11 is 0. The summed E-state index contributed by atoms with van der Waals surface area (Å²) in [5, 5.41) is 11.9. The molecule has 0 unspecified atom stereocenters. The fraction of sp³-hybridized carbons (Fsp3) is 0.200. The fourth-order valence-corrected chi connectivity index (χ4v) is 3.27. The van der Waals surface area contributed by atoms with E-state index in [9.17, 15) is 18.0 Å². The van der Waals surface area contributed by atoms with E-state index in [1.807, 2.05) is 24.3 Å². The van der Waals surface area contributed by atoms with Crippen LogP contribution in [0.3, 0.4) is 0 Å². The van der Waals surface area contributed by atoms with E-state index in [1.165, 1.54) is 25.5 Å². The largest absolute Gasteiger partial charge is 0.489 e. The molecule has 0 aliphatic rings. The van der Waals surface area contributed by atoms with Crippen molar-refractivity contribution < 1.29 is 32.6 Å². The molecule has 33 heavy (non-hydrogen) atoms. The lowest BCUT2D eigenvalue weighted by Gasteiger charge is -2.12. The topological polar surface area (TPSA) is 68.1 Å². The number of hydrogen-bond acceptors (Lipinski definition) is 5. The lowest BCUT2D eigenvalue weighted by Crippen LogP contribution is -2.10. The van der Waals surface area contributed by atoms with Gasteiger partial charge in [-0.15, -0.1) is 5.16 Å². The standard InChI is InChI=1S/C25H22F3NO4/c1-32-24(30)14-21(15-29-31)19-7-11-23(12-8-19)33-16-17-3-2-4-20(13-17)18-5-9-22(10-6-18)25(26,27)28/h2-13,15,21,31H,14,16H2,1H3/t21-/m1/s1. The third kappa shape index (κ3) is 6.58. The maximum Gasteiger partial charge on any atom is 0.416 e. The average Bonchev–Trinajstić information content (AvgIpc) is 2.82. The van der Waals surface area contributed by atoms with Gasteiger partial charge in [-0.25, -0.2) is 0 Å². The van der Waals surface area contributed by atoms with Gasteiger partial charge in [0.1, 0.15) is 12.4 Å². The van der Waals surface area contributed by atoms with Gasteiger partial charge in [0.2, 0.25) is 0 Å². The van der Waals surface area contributed by atoms with Gasteiger partial charge in [-0.1, -0.05) is 42.5 Å². The number of methoxy groups -OCH3 is 1. The van der Waals surface area contributed by atoms with E-state index in [2.05, 4.69) is 9.89 Å². The Bertz CT molecular complexity index is 1090. The van der Waals surface area contributed by atoms with E-state index in [4.69, 9.17) is 9.94 Å². The summed E-state index contributed by atoms with van der Waals surface area (Å²) in [6.45, 7) is 0.261. The number of alkyl halides is 3. The number of carbonyl (C=O) groups is 1. The molecule has 0 aromatic heterocycles. The first-order valence-electron chi connectivity index (χ1n) is 10.0. The van der Waals surface area contributed by atoms with Gasteiger partial charge in [-0.2, -0.15) is 13.2 Å². The van der Waals surface area contributed by atoms with Gasteiger partial charge in [0.05, 0.1) is 25.3 Å². The molecule has 5 nitrogen and oxygen atoms in total. The summed E-state index contributed by atoms with van der Waals surface area (Å²) in [5.74, 6) is -0.262. The van der Waals surface area contributed by atoms with Crippen LogP contribution < -0.4 is 4.74 Å².